The number of hydrogen-bond acceptors (Lipinski definition) is 5. The lowest BCUT2D eigenvalue weighted by Crippen LogP contribution is -2.38. The normalized spacial score (nSPS) is 14.1. The Morgan fingerprint density at radius 1 is 1.14 bits per heavy atom. The molecule has 160 valence electrons. The maximum absolute atomic E-state index is 5.56. The van der Waals surface area contributed by atoms with Crippen LogP contribution in [0.4, 0.5) is 5.82 Å². The van der Waals surface area contributed by atoms with Crippen molar-refractivity contribution in [3.05, 3.63) is 23.9 Å². The van der Waals surface area contributed by atoms with E-state index in [-0.39, 0.29) is 24.0 Å². The van der Waals surface area contributed by atoms with Gasteiger partial charge in [-0.25, -0.2) is 4.98 Å². The number of unbranched alkanes of at least 4 members (excludes halogenated alkanes) is 1. The molecule has 0 bridgehead atoms. The van der Waals surface area contributed by atoms with E-state index in [0.717, 1.165) is 50.9 Å². The molecule has 1 saturated heterocycles. The highest BCUT2D eigenvalue weighted by atomic mass is 127. The first-order valence-corrected chi connectivity index (χ1v) is 10.1. The van der Waals surface area contributed by atoms with Gasteiger partial charge in [0.2, 0.25) is 0 Å². The maximum Gasteiger partial charge on any atom is 0.191 e. The number of guanidine groups is 1. The molecule has 2 rings (SSSR count). The molecular formula is C20H36IN5O2. The molecule has 0 radical (unpaired) electrons. The zero-order valence-corrected chi connectivity index (χ0v) is 19.6. The third-order valence-corrected chi connectivity index (χ3v) is 4.48. The van der Waals surface area contributed by atoms with Crippen molar-refractivity contribution in [3.63, 3.8) is 0 Å². The summed E-state index contributed by atoms with van der Waals surface area (Å²) in [7, 11) is 1.78. The molecular weight excluding hydrogens is 469 g/mol. The van der Waals surface area contributed by atoms with Crippen LogP contribution in [0.5, 0.6) is 0 Å². The van der Waals surface area contributed by atoms with Gasteiger partial charge in [-0.1, -0.05) is 13.3 Å². The number of aliphatic imine (C=N–C) groups is 1. The third kappa shape index (κ3) is 9.88. The first kappa shape index (κ1) is 24.9. The topological polar surface area (TPSA) is 71.0 Å². The molecule has 0 aromatic carbocycles. The second-order valence-electron chi connectivity index (χ2n) is 6.65. The SMILES string of the molecule is CCCCOCCOCCNC(=NC)NCc1ccnc(N2CCCC2)c1.I. The van der Waals surface area contributed by atoms with Crippen molar-refractivity contribution in [2.24, 2.45) is 4.99 Å². The molecule has 0 unspecified atom stereocenters. The maximum atomic E-state index is 5.56. The number of nitrogens with one attached hydrogen (secondary N) is 2. The van der Waals surface area contributed by atoms with Crippen LogP contribution >= 0.6 is 24.0 Å². The fraction of sp³-hybridized carbons (Fsp3) is 0.700. The van der Waals surface area contributed by atoms with Crippen LogP contribution in [0.15, 0.2) is 23.3 Å². The van der Waals surface area contributed by atoms with Crippen LogP contribution in [0.1, 0.15) is 38.2 Å². The van der Waals surface area contributed by atoms with Crippen molar-refractivity contribution in [3.8, 4) is 0 Å². The van der Waals surface area contributed by atoms with Crippen LogP contribution in [0, 0.1) is 0 Å². The lowest BCUT2D eigenvalue weighted by molar-refractivity contribution is 0.0487. The minimum absolute atomic E-state index is 0. The third-order valence-electron chi connectivity index (χ3n) is 4.48. The van der Waals surface area contributed by atoms with E-state index in [4.69, 9.17) is 9.47 Å². The molecule has 1 aliphatic heterocycles. The lowest BCUT2D eigenvalue weighted by atomic mass is 10.2. The van der Waals surface area contributed by atoms with Crippen molar-refractivity contribution in [1.82, 2.24) is 15.6 Å². The Hall–Kier alpha value is -1.13. The molecule has 2 N–H and O–H groups in total. The first-order valence-electron chi connectivity index (χ1n) is 10.1. The van der Waals surface area contributed by atoms with Gasteiger partial charge < -0.3 is 25.0 Å². The van der Waals surface area contributed by atoms with Gasteiger partial charge in [0.15, 0.2) is 5.96 Å². The molecule has 8 heteroatoms. The van der Waals surface area contributed by atoms with Crippen LogP contribution in [-0.4, -0.2) is 64.1 Å². The smallest absolute Gasteiger partial charge is 0.191 e. The van der Waals surface area contributed by atoms with E-state index in [1.54, 1.807) is 7.05 Å². The largest absolute Gasteiger partial charge is 0.379 e. The monoisotopic (exact) mass is 505 g/mol. The molecule has 1 aliphatic rings. The highest BCUT2D eigenvalue weighted by molar-refractivity contribution is 14.0. The quantitative estimate of drug-likeness (QED) is 0.197. The fourth-order valence-corrected chi connectivity index (χ4v) is 2.91. The zero-order chi connectivity index (χ0) is 19.2. The highest BCUT2D eigenvalue weighted by Crippen LogP contribution is 2.18. The van der Waals surface area contributed by atoms with Crippen molar-refractivity contribution in [1.29, 1.82) is 0 Å². The van der Waals surface area contributed by atoms with E-state index in [9.17, 15) is 0 Å². The molecule has 0 spiro atoms. The Labute approximate surface area is 186 Å². The van der Waals surface area contributed by atoms with Gasteiger partial charge in [0.1, 0.15) is 5.82 Å². The number of nitrogens with zero attached hydrogens (tertiary/aromatic N) is 3. The Kier molecular flexibility index (Phi) is 14.0. The van der Waals surface area contributed by atoms with E-state index >= 15 is 0 Å². The van der Waals surface area contributed by atoms with Gasteiger partial charge in [-0.3, -0.25) is 4.99 Å². The molecule has 7 nitrogen and oxygen atoms in total. The van der Waals surface area contributed by atoms with Gasteiger partial charge in [-0.15, -0.1) is 24.0 Å². The van der Waals surface area contributed by atoms with Gasteiger partial charge in [0.05, 0.1) is 19.8 Å². The van der Waals surface area contributed by atoms with Crippen molar-refractivity contribution in [2.75, 3.05) is 58.0 Å². The minimum atomic E-state index is 0. The van der Waals surface area contributed by atoms with E-state index in [1.807, 2.05) is 12.3 Å². The molecule has 0 saturated carbocycles. The molecule has 2 heterocycles. The van der Waals surface area contributed by atoms with Gasteiger partial charge in [-0.05, 0) is 37.0 Å². The van der Waals surface area contributed by atoms with Crippen molar-refractivity contribution < 1.29 is 9.47 Å². The van der Waals surface area contributed by atoms with Crippen LogP contribution in [0.3, 0.4) is 0 Å². The number of halogens is 1. The predicted molar refractivity (Wildman–Crippen MR) is 126 cm³/mol. The number of hydrogen-bond donors (Lipinski definition) is 2. The second-order valence-corrected chi connectivity index (χ2v) is 6.65. The van der Waals surface area contributed by atoms with Crippen LogP contribution < -0.4 is 15.5 Å². The van der Waals surface area contributed by atoms with Gasteiger partial charge >= 0.3 is 0 Å². The summed E-state index contributed by atoms with van der Waals surface area (Å²) in [6.45, 7) is 8.55. The Bertz CT molecular complexity index is 553. The number of pyridine rings is 1. The molecule has 0 atom stereocenters. The lowest BCUT2D eigenvalue weighted by Gasteiger charge is -2.17. The van der Waals surface area contributed by atoms with E-state index in [1.165, 1.54) is 18.4 Å². The average molecular weight is 505 g/mol. The number of aromatic nitrogens is 1. The summed E-state index contributed by atoms with van der Waals surface area (Å²) in [5.41, 5.74) is 1.20. The fourth-order valence-electron chi connectivity index (χ4n) is 2.91. The molecule has 0 amide bonds. The van der Waals surface area contributed by atoms with Crippen molar-refractivity contribution in [2.45, 2.75) is 39.2 Å². The number of rotatable bonds is 12. The molecule has 1 aromatic rings. The van der Waals surface area contributed by atoms with Crippen LogP contribution in [0.25, 0.3) is 0 Å². The molecule has 1 aromatic heterocycles. The van der Waals surface area contributed by atoms with E-state index in [0.29, 0.717) is 26.4 Å². The van der Waals surface area contributed by atoms with Crippen LogP contribution in [0.2, 0.25) is 0 Å². The standard InChI is InChI=1S/C20H35N5O2.HI/c1-3-4-12-26-14-15-27-13-9-23-20(21-2)24-17-18-7-8-22-19(16-18)25-10-5-6-11-25;/h7-8,16H,3-6,9-15,17H2,1-2H3,(H2,21,23,24);1H. The summed E-state index contributed by atoms with van der Waals surface area (Å²) >= 11 is 0. The van der Waals surface area contributed by atoms with Gasteiger partial charge in [-0.2, -0.15) is 0 Å². The van der Waals surface area contributed by atoms with Gasteiger partial charge in [0.25, 0.3) is 0 Å². The molecule has 1 fully saturated rings. The number of anilines is 1. The average Bonchev–Trinajstić information content (AvgIpc) is 3.24. The summed E-state index contributed by atoms with van der Waals surface area (Å²) in [6, 6.07) is 4.20. The Morgan fingerprint density at radius 2 is 1.89 bits per heavy atom. The summed E-state index contributed by atoms with van der Waals surface area (Å²) in [5.74, 6) is 1.85. The van der Waals surface area contributed by atoms with E-state index in [2.05, 4.69) is 38.5 Å². The summed E-state index contributed by atoms with van der Waals surface area (Å²) in [4.78, 5) is 11.1. The summed E-state index contributed by atoms with van der Waals surface area (Å²) < 4.78 is 11.0. The number of ether oxygens (including phenoxy) is 2. The van der Waals surface area contributed by atoms with Crippen LogP contribution in [-0.2, 0) is 16.0 Å². The zero-order valence-electron chi connectivity index (χ0n) is 17.3. The highest BCUT2D eigenvalue weighted by Gasteiger charge is 2.13. The van der Waals surface area contributed by atoms with E-state index < -0.39 is 0 Å². The minimum Gasteiger partial charge on any atom is -0.379 e. The first-order chi connectivity index (χ1) is 13.3. The summed E-state index contributed by atoms with van der Waals surface area (Å²) in [5, 5.41) is 6.61. The molecule has 28 heavy (non-hydrogen) atoms. The summed E-state index contributed by atoms with van der Waals surface area (Å²) in [6.07, 6.45) is 6.68. The van der Waals surface area contributed by atoms with Gasteiger partial charge in [0, 0.05) is 46.0 Å². The Morgan fingerprint density at radius 3 is 2.61 bits per heavy atom. The Balaban J connectivity index is 0.00000392. The van der Waals surface area contributed by atoms with Crippen molar-refractivity contribution >= 4 is 35.8 Å². The predicted octanol–water partition coefficient (Wildman–Crippen LogP) is 2.80. The second kappa shape index (κ2) is 15.8. The molecule has 0 aliphatic carbocycles.